The summed E-state index contributed by atoms with van der Waals surface area (Å²) in [7, 11) is 0. The molecule has 0 fully saturated rings. The maximum Gasteiger partial charge on any atom is -0.0000936 e. The Kier molecular flexibility index (Phi) is 10.3. The summed E-state index contributed by atoms with van der Waals surface area (Å²) in [5, 5.41) is 2.47. The summed E-state index contributed by atoms with van der Waals surface area (Å²) in [6, 6.07) is 87.1. The first-order valence-corrected chi connectivity index (χ1v) is 21.4. The average molecular weight is 779 g/mol. The van der Waals surface area contributed by atoms with E-state index in [2.05, 4.69) is 250 Å². The van der Waals surface area contributed by atoms with Gasteiger partial charge < -0.3 is 0 Å². The van der Waals surface area contributed by atoms with Gasteiger partial charge in [0.25, 0.3) is 0 Å². The molecule has 0 heterocycles. The van der Waals surface area contributed by atoms with Gasteiger partial charge in [0.05, 0.1) is 0 Å². The molecule has 0 bridgehead atoms. The zero-order valence-corrected chi connectivity index (χ0v) is 34.6. The molecule has 0 aliphatic rings. The molecule has 0 spiro atoms. The zero-order valence-electron chi connectivity index (χ0n) is 34.6. The molecule has 290 valence electrons. The van der Waals surface area contributed by atoms with Gasteiger partial charge in [-0.15, -0.1) is 0 Å². The van der Waals surface area contributed by atoms with Crippen molar-refractivity contribution in [1.29, 1.82) is 0 Å². The van der Waals surface area contributed by atoms with Crippen molar-refractivity contribution >= 4 is 10.8 Å². The molecule has 0 aliphatic carbocycles. The first kappa shape index (κ1) is 37.7. The lowest BCUT2D eigenvalue weighted by Gasteiger charge is -2.31. The Morgan fingerprint density at radius 3 is 0.574 bits per heavy atom. The summed E-state index contributed by atoms with van der Waals surface area (Å²) in [6.45, 7) is 4.55. The molecule has 0 aromatic heterocycles. The summed E-state index contributed by atoms with van der Waals surface area (Å²) in [6.07, 6.45) is 0. The van der Waals surface area contributed by atoms with Crippen LogP contribution >= 0.6 is 0 Å². The van der Waals surface area contributed by atoms with Crippen molar-refractivity contribution in [1.82, 2.24) is 0 Å². The highest BCUT2D eigenvalue weighted by Gasteiger charge is 2.32. The smallest absolute Gasteiger partial charge is 0.0000936 e. The second kappa shape index (κ2) is 16.6. The topological polar surface area (TPSA) is 0 Å². The van der Waals surface area contributed by atoms with E-state index in [0.717, 1.165) is 0 Å². The standard InChI is InChI=1S/C61H46/c1-42(2)43-38-40-51(41-39-43)59-55(47-30-16-6-17-31-47)54(46-28-14-5-15-29-46)57(49-34-20-8-21-35-49)60-56(48-32-18-7-19-33-48)52(44-24-10-3-11-25-44)53(45-26-12-4-13-27-45)58(61(59)60)50-36-22-9-23-37-50/h3-42H,1-2H3. The van der Waals surface area contributed by atoms with Gasteiger partial charge in [0.2, 0.25) is 0 Å². The number of hydrogen-bond donors (Lipinski definition) is 0. The van der Waals surface area contributed by atoms with E-state index < -0.39 is 0 Å². The molecule has 0 unspecified atom stereocenters. The van der Waals surface area contributed by atoms with Gasteiger partial charge in [-0.25, -0.2) is 0 Å². The lowest BCUT2D eigenvalue weighted by Crippen LogP contribution is -2.04. The molecular weight excluding hydrogens is 733 g/mol. The zero-order chi connectivity index (χ0) is 41.1. The Bertz CT molecular complexity index is 3020. The fraction of sp³-hybridized carbons (Fsp3) is 0.0492. The summed E-state index contributed by atoms with van der Waals surface area (Å²) in [4.78, 5) is 0. The Labute approximate surface area is 360 Å². The Hall–Kier alpha value is -7.54. The maximum atomic E-state index is 2.37. The molecule has 0 aliphatic heterocycles. The second-order valence-electron chi connectivity index (χ2n) is 16.1. The fourth-order valence-corrected chi connectivity index (χ4v) is 9.33. The first-order chi connectivity index (χ1) is 30.2. The average Bonchev–Trinajstić information content (AvgIpc) is 3.34. The number of fused-ring (bicyclic) bond motifs is 1. The molecule has 0 amide bonds. The van der Waals surface area contributed by atoms with Gasteiger partial charge >= 0.3 is 0 Å². The van der Waals surface area contributed by atoms with Crippen molar-refractivity contribution in [3.8, 4) is 89.0 Å². The van der Waals surface area contributed by atoms with Crippen LogP contribution in [0.15, 0.2) is 237 Å². The molecule has 0 heteroatoms. The van der Waals surface area contributed by atoms with E-state index in [1.54, 1.807) is 0 Å². The van der Waals surface area contributed by atoms with Gasteiger partial charge in [-0.2, -0.15) is 0 Å². The number of benzene rings is 10. The minimum atomic E-state index is 0.405. The molecule has 61 heavy (non-hydrogen) atoms. The van der Waals surface area contributed by atoms with E-state index in [-0.39, 0.29) is 0 Å². The minimum Gasteiger partial charge on any atom is -0.0622 e. The van der Waals surface area contributed by atoms with Crippen LogP contribution < -0.4 is 0 Å². The largest absolute Gasteiger partial charge is 0.0622 e. The van der Waals surface area contributed by atoms with Crippen LogP contribution in [0.4, 0.5) is 0 Å². The van der Waals surface area contributed by atoms with E-state index in [0.29, 0.717) is 5.92 Å². The van der Waals surface area contributed by atoms with Crippen LogP contribution in [0.25, 0.3) is 99.8 Å². The first-order valence-electron chi connectivity index (χ1n) is 21.4. The molecule has 10 aromatic rings. The molecule has 10 rings (SSSR count). The highest BCUT2D eigenvalue weighted by atomic mass is 14.3. The lowest BCUT2D eigenvalue weighted by molar-refractivity contribution is 0.867. The van der Waals surface area contributed by atoms with E-state index in [9.17, 15) is 0 Å². The molecular formula is C61H46. The summed E-state index contributed by atoms with van der Waals surface area (Å²) < 4.78 is 0. The van der Waals surface area contributed by atoms with Crippen molar-refractivity contribution in [2.24, 2.45) is 0 Å². The number of hydrogen-bond acceptors (Lipinski definition) is 0. The van der Waals surface area contributed by atoms with E-state index in [1.165, 1.54) is 105 Å². The summed E-state index contributed by atoms with van der Waals surface area (Å²) in [5.74, 6) is 0.405. The third-order valence-corrected chi connectivity index (χ3v) is 12.1. The van der Waals surface area contributed by atoms with Gasteiger partial charge in [0.15, 0.2) is 0 Å². The van der Waals surface area contributed by atoms with Crippen molar-refractivity contribution in [2.75, 3.05) is 0 Å². The van der Waals surface area contributed by atoms with Gasteiger partial charge in [-0.1, -0.05) is 250 Å². The minimum absolute atomic E-state index is 0.405. The third-order valence-electron chi connectivity index (χ3n) is 12.1. The van der Waals surface area contributed by atoms with Crippen LogP contribution in [0.3, 0.4) is 0 Å². The van der Waals surface area contributed by atoms with Crippen molar-refractivity contribution in [3.63, 3.8) is 0 Å². The van der Waals surface area contributed by atoms with Gasteiger partial charge in [-0.05, 0) is 111 Å². The Balaban J connectivity index is 1.62. The highest BCUT2D eigenvalue weighted by molar-refractivity contribution is 6.30. The predicted molar refractivity (Wildman–Crippen MR) is 262 cm³/mol. The molecule has 0 N–H and O–H groups in total. The molecule has 10 aromatic carbocycles. The second-order valence-corrected chi connectivity index (χ2v) is 16.1. The fourth-order valence-electron chi connectivity index (χ4n) is 9.33. The summed E-state index contributed by atoms with van der Waals surface area (Å²) in [5.41, 5.74) is 20.5. The van der Waals surface area contributed by atoms with Crippen LogP contribution in [-0.4, -0.2) is 0 Å². The maximum absolute atomic E-state index is 2.37. The lowest BCUT2D eigenvalue weighted by atomic mass is 9.71. The van der Waals surface area contributed by atoms with E-state index in [1.807, 2.05) is 0 Å². The van der Waals surface area contributed by atoms with Gasteiger partial charge in [0.1, 0.15) is 0 Å². The molecule has 0 nitrogen and oxygen atoms in total. The molecule has 0 radical (unpaired) electrons. The van der Waals surface area contributed by atoms with Crippen LogP contribution in [0.1, 0.15) is 25.3 Å². The Morgan fingerprint density at radius 2 is 0.377 bits per heavy atom. The normalized spacial score (nSPS) is 11.3. The number of rotatable bonds is 9. The van der Waals surface area contributed by atoms with Crippen LogP contribution in [-0.2, 0) is 0 Å². The quantitative estimate of drug-likeness (QED) is 0.137. The van der Waals surface area contributed by atoms with E-state index in [4.69, 9.17) is 0 Å². The van der Waals surface area contributed by atoms with Gasteiger partial charge in [0, 0.05) is 0 Å². The summed E-state index contributed by atoms with van der Waals surface area (Å²) >= 11 is 0. The van der Waals surface area contributed by atoms with Crippen molar-refractivity contribution < 1.29 is 0 Å². The van der Waals surface area contributed by atoms with Crippen LogP contribution in [0, 0.1) is 0 Å². The SMILES string of the molecule is CC(C)c1ccc(-c2c(-c3ccccc3)c(-c3ccccc3)c(-c3ccccc3)c3c(-c4ccccc4)c(-c4ccccc4)c(-c4ccccc4)c(-c4ccccc4)c23)cc1. The highest BCUT2D eigenvalue weighted by Crippen LogP contribution is 2.59. The van der Waals surface area contributed by atoms with Crippen molar-refractivity contribution in [3.05, 3.63) is 242 Å². The molecule has 0 saturated heterocycles. The van der Waals surface area contributed by atoms with Gasteiger partial charge in [-0.3, -0.25) is 0 Å². The van der Waals surface area contributed by atoms with Crippen LogP contribution in [0.5, 0.6) is 0 Å². The van der Waals surface area contributed by atoms with Crippen molar-refractivity contribution in [2.45, 2.75) is 19.8 Å². The molecule has 0 atom stereocenters. The molecule has 0 saturated carbocycles. The third kappa shape index (κ3) is 6.97. The Morgan fingerprint density at radius 1 is 0.197 bits per heavy atom. The monoisotopic (exact) mass is 778 g/mol. The predicted octanol–water partition coefficient (Wildman–Crippen LogP) is 17.3. The van der Waals surface area contributed by atoms with E-state index >= 15 is 0 Å². The van der Waals surface area contributed by atoms with Crippen LogP contribution in [0.2, 0.25) is 0 Å².